The molecular formula is C15H19N3O2S. The lowest BCUT2D eigenvalue weighted by atomic mass is 10.1. The molecule has 2 aromatic rings. The third-order valence-corrected chi connectivity index (χ3v) is 4.30. The van der Waals surface area contributed by atoms with Gasteiger partial charge in [0.05, 0.1) is 4.90 Å². The Morgan fingerprint density at radius 3 is 2.29 bits per heavy atom. The van der Waals surface area contributed by atoms with Gasteiger partial charge in [-0.3, -0.25) is 4.98 Å². The minimum atomic E-state index is -3.68. The first-order valence-corrected chi connectivity index (χ1v) is 8.21. The minimum Gasteiger partial charge on any atom is -0.304 e. The number of nitrogens with one attached hydrogen (secondary N) is 1. The van der Waals surface area contributed by atoms with Gasteiger partial charge in [0.2, 0.25) is 10.0 Å². The summed E-state index contributed by atoms with van der Waals surface area (Å²) in [6, 6.07) is 10.7. The number of hydrogen-bond acceptors (Lipinski definition) is 4. The van der Waals surface area contributed by atoms with E-state index in [0.717, 1.165) is 11.1 Å². The number of nitrogens with zero attached hydrogens (tertiary/aromatic N) is 1. The van der Waals surface area contributed by atoms with Crippen LogP contribution in [0.4, 0.5) is 0 Å². The molecule has 0 saturated carbocycles. The number of aromatic nitrogens is 1. The van der Waals surface area contributed by atoms with E-state index in [1.165, 1.54) is 6.07 Å². The van der Waals surface area contributed by atoms with Gasteiger partial charge in [0.25, 0.3) is 0 Å². The third-order valence-electron chi connectivity index (χ3n) is 3.39. The Morgan fingerprint density at radius 1 is 1.05 bits per heavy atom. The molecule has 5 nitrogen and oxygen atoms in total. The first kappa shape index (κ1) is 15.6. The van der Waals surface area contributed by atoms with Crippen LogP contribution in [0, 0.1) is 0 Å². The van der Waals surface area contributed by atoms with Gasteiger partial charge in [0.1, 0.15) is 0 Å². The van der Waals surface area contributed by atoms with Crippen LogP contribution in [0.5, 0.6) is 0 Å². The fraction of sp³-hybridized carbons (Fsp3) is 0.267. The molecule has 1 aromatic heterocycles. The van der Waals surface area contributed by atoms with Gasteiger partial charge in [0.15, 0.2) is 0 Å². The normalized spacial score (nSPS) is 14.6. The van der Waals surface area contributed by atoms with Gasteiger partial charge in [-0.25, -0.2) is 13.6 Å². The number of hydrogen-bond donors (Lipinski definition) is 2. The fourth-order valence-electron chi connectivity index (χ4n) is 2.18. The molecular weight excluding hydrogens is 286 g/mol. The lowest BCUT2D eigenvalue weighted by Crippen LogP contribution is -2.23. The average molecular weight is 305 g/mol. The summed E-state index contributed by atoms with van der Waals surface area (Å²) in [7, 11) is -3.68. The van der Waals surface area contributed by atoms with Gasteiger partial charge in [-0.2, -0.15) is 0 Å². The molecule has 2 rings (SSSR count). The summed E-state index contributed by atoms with van der Waals surface area (Å²) < 4.78 is 22.8. The summed E-state index contributed by atoms with van der Waals surface area (Å²) in [5.41, 5.74) is 2.00. The molecule has 0 bridgehead atoms. The zero-order valence-corrected chi connectivity index (χ0v) is 12.8. The SMILES string of the molecule is CC(N[C@@H](C)c1ccncc1)c1cccc(S(N)(=O)=O)c1. The highest BCUT2D eigenvalue weighted by molar-refractivity contribution is 7.89. The Hall–Kier alpha value is -1.76. The molecule has 2 atom stereocenters. The molecule has 0 aliphatic carbocycles. The van der Waals surface area contributed by atoms with E-state index in [2.05, 4.69) is 17.2 Å². The van der Waals surface area contributed by atoms with Crippen LogP contribution in [0.15, 0.2) is 53.7 Å². The predicted molar refractivity (Wildman–Crippen MR) is 82.0 cm³/mol. The van der Waals surface area contributed by atoms with Crippen molar-refractivity contribution in [1.82, 2.24) is 10.3 Å². The predicted octanol–water partition coefficient (Wildman–Crippen LogP) is 2.14. The maximum Gasteiger partial charge on any atom is 0.238 e. The lowest BCUT2D eigenvalue weighted by molar-refractivity contribution is 0.493. The van der Waals surface area contributed by atoms with Crippen molar-refractivity contribution >= 4 is 10.0 Å². The standard InChI is InChI=1S/C15H19N3O2S/c1-11(13-6-8-17-9-7-13)18-12(2)14-4-3-5-15(10-14)21(16,19)20/h3-12,18H,1-2H3,(H2,16,19,20)/t11-,12?/m0/s1. The topological polar surface area (TPSA) is 85.1 Å². The van der Waals surface area contributed by atoms with Crippen LogP contribution in [0.2, 0.25) is 0 Å². The highest BCUT2D eigenvalue weighted by atomic mass is 32.2. The largest absolute Gasteiger partial charge is 0.304 e. The molecule has 0 aliphatic heterocycles. The van der Waals surface area contributed by atoms with Crippen LogP contribution >= 0.6 is 0 Å². The van der Waals surface area contributed by atoms with Crippen LogP contribution in [0.25, 0.3) is 0 Å². The highest BCUT2D eigenvalue weighted by Crippen LogP contribution is 2.20. The third kappa shape index (κ3) is 4.10. The number of benzene rings is 1. The summed E-state index contributed by atoms with van der Waals surface area (Å²) in [5, 5.41) is 8.59. The Bertz CT molecular complexity index is 702. The molecule has 0 radical (unpaired) electrons. The quantitative estimate of drug-likeness (QED) is 0.886. The average Bonchev–Trinajstić information content (AvgIpc) is 2.47. The second kappa shape index (κ2) is 6.34. The second-order valence-electron chi connectivity index (χ2n) is 5.01. The molecule has 0 aliphatic rings. The van der Waals surface area contributed by atoms with Crippen LogP contribution < -0.4 is 10.5 Å². The molecule has 21 heavy (non-hydrogen) atoms. The molecule has 0 saturated heterocycles. The van der Waals surface area contributed by atoms with Crippen LogP contribution in [0.3, 0.4) is 0 Å². The van der Waals surface area contributed by atoms with E-state index < -0.39 is 10.0 Å². The molecule has 1 heterocycles. The maximum atomic E-state index is 11.4. The van der Waals surface area contributed by atoms with Crippen molar-refractivity contribution in [1.29, 1.82) is 0 Å². The summed E-state index contributed by atoms with van der Waals surface area (Å²) in [5.74, 6) is 0. The van der Waals surface area contributed by atoms with Crippen molar-refractivity contribution in [2.24, 2.45) is 5.14 Å². The van der Waals surface area contributed by atoms with E-state index in [1.54, 1.807) is 24.5 Å². The van der Waals surface area contributed by atoms with Gasteiger partial charge >= 0.3 is 0 Å². The first-order chi connectivity index (χ1) is 9.88. The summed E-state index contributed by atoms with van der Waals surface area (Å²) in [6.45, 7) is 4.04. The number of sulfonamides is 1. The van der Waals surface area contributed by atoms with Gasteiger partial charge in [-0.05, 0) is 49.2 Å². The van der Waals surface area contributed by atoms with E-state index in [-0.39, 0.29) is 17.0 Å². The Balaban J connectivity index is 2.16. The van der Waals surface area contributed by atoms with Crippen molar-refractivity contribution in [3.05, 3.63) is 59.9 Å². The molecule has 112 valence electrons. The summed E-state index contributed by atoms with van der Waals surface area (Å²) >= 11 is 0. The number of nitrogens with two attached hydrogens (primary N) is 1. The molecule has 0 amide bonds. The van der Waals surface area contributed by atoms with Gasteiger partial charge in [0, 0.05) is 24.5 Å². The zero-order valence-electron chi connectivity index (χ0n) is 12.0. The fourth-order valence-corrected chi connectivity index (χ4v) is 2.75. The van der Waals surface area contributed by atoms with Crippen LogP contribution in [-0.2, 0) is 10.0 Å². The van der Waals surface area contributed by atoms with Gasteiger partial charge < -0.3 is 5.32 Å². The van der Waals surface area contributed by atoms with Crippen molar-refractivity contribution in [2.45, 2.75) is 30.8 Å². The first-order valence-electron chi connectivity index (χ1n) is 6.66. The van der Waals surface area contributed by atoms with Gasteiger partial charge in [-0.1, -0.05) is 12.1 Å². The summed E-state index contributed by atoms with van der Waals surface area (Å²) in [4.78, 5) is 4.13. The zero-order chi connectivity index (χ0) is 15.5. The van der Waals surface area contributed by atoms with Crippen LogP contribution in [0.1, 0.15) is 37.1 Å². The number of rotatable bonds is 5. The lowest BCUT2D eigenvalue weighted by Gasteiger charge is -2.21. The van der Waals surface area contributed by atoms with Gasteiger partial charge in [-0.15, -0.1) is 0 Å². The Kier molecular flexibility index (Phi) is 4.72. The molecule has 0 fully saturated rings. The maximum absolute atomic E-state index is 11.4. The Labute approximate surface area is 125 Å². The van der Waals surface area contributed by atoms with Crippen molar-refractivity contribution in [2.75, 3.05) is 0 Å². The van der Waals surface area contributed by atoms with E-state index in [1.807, 2.05) is 25.1 Å². The van der Waals surface area contributed by atoms with Crippen molar-refractivity contribution in [3.8, 4) is 0 Å². The minimum absolute atomic E-state index is 0.00475. The van der Waals surface area contributed by atoms with E-state index in [9.17, 15) is 8.42 Å². The molecule has 3 N–H and O–H groups in total. The van der Waals surface area contributed by atoms with Crippen LogP contribution in [-0.4, -0.2) is 13.4 Å². The van der Waals surface area contributed by atoms with Crippen molar-refractivity contribution in [3.63, 3.8) is 0 Å². The van der Waals surface area contributed by atoms with E-state index in [4.69, 9.17) is 5.14 Å². The van der Waals surface area contributed by atoms with E-state index in [0.29, 0.717) is 0 Å². The highest BCUT2D eigenvalue weighted by Gasteiger charge is 2.14. The smallest absolute Gasteiger partial charge is 0.238 e. The Morgan fingerprint density at radius 2 is 1.67 bits per heavy atom. The molecule has 1 unspecified atom stereocenters. The second-order valence-corrected chi connectivity index (χ2v) is 6.57. The van der Waals surface area contributed by atoms with E-state index >= 15 is 0 Å². The number of primary sulfonamides is 1. The molecule has 0 spiro atoms. The number of pyridine rings is 1. The summed E-state index contributed by atoms with van der Waals surface area (Å²) in [6.07, 6.45) is 3.50. The van der Waals surface area contributed by atoms with Crippen molar-refractivity contribution < 1.29 is 8.42 Å². The molecule has 6 heteroatoms. The monoisotopic (exact) mass is 305 g/mol. The molecule has 1 aromatic carbocycles.